The minimum Gasteiger partial charge on any atom is -0.354 e. The van der Waals surface area contributed by atoms with Gasteiger partial charge in [-0.15, -0.1) is 36.2 Å². The molecule has 1 amide bonds. The van der Waals surface area contributed by atoms with Crippen molar-refractivity contribution in [3.63, 3.8) is 0 Å². The number of carbonyl (C=O) groups excluding carboxylic acids is 1. The van der Waals surface area contributed by atoms with E-state index < -0.39 is 5.54 Å². The largest absolute Gasteiger partial charge is 0.354 e. The van der Waals surface area contributed by atoms with Crippen molar-refractivity contribution >= 4 is 42.1 Å². The summed E-state index contributed by atoms with van der Waals surface area (Å²) in [6.07, 6.45) is 2.37. The van der Waals surface area contributed by atoms with Gasteiger partial charge in [0.25, 0.3) is 0 Å². The Labute approximate surface area is 125 Å². The van der Waals surface area contributed by atoms with E-state index in [1.54, 1.807) is 23.8 Å². The second-order valence-electron chi connectivity index (χ2n) is 4.15. The highest BCUT2D eigenvalue weighted by Gasteiger charge is 2.26. The molecule has 3 N–H and O–H groups in total. The fourth-order valence-electron chi connectivity index (χ4n) is 1.50. The molecule has 0 bridgehead atoms. The standard InChI is InChI=1S/C11H19N3OS.2ClH/c1-3-5-11(2,12)10(15)13-6-4-9-7-16-8-14-9;;/h7-8H,3-6,12H2,1-2H3,(H,13,15);2*1H. The summed E-state index contributed by atoms with van der Waals surface area (Å²) in [7, 11) is 0. The van der Waals surface area contributed by atoms with Crippen LogP contribution in [0.4, 0.5) is 0 Å². The maximum Gasteiger partial charge on any atom is 0.239 e. The Hall–Kier alpha value is -0.360. The van der Waals surface area contributed by atoms with E-state index in [1.165, 1.54) is 0 Å². The van der Waals surface area contributed by atoms with Crippen molar-refractivity contribution in [3.05, 3.63) is 16.6 Å². The molecule has 0 radical (unpaired) electrons. The molecule has 1 rings (SSSR count). The van der Waals surface area contributed by atoms with Gasteiger partial charge in [0.15, 0.2) is 0 Å². The summed E-state index contributed by atoms with van der Waals surface area (Å²) in [4.78, 5) is 15.9. The van der Waals surface area contributed by atoms with Gasteiger partial charge in [0, 0.05) is 18.3 Å². The number of aromatic nitrogens is 1. The molecule has 0 fully saturated rings. The van der Waals surface area contributed by atoms with E-state index in [2.05, 4.69) is 10.3 Å². The molecule has 0 aliphatic carbocycles. The van der Waals surface area contributed by atoms with Crippen LogP contribution in [0.15, 0.2) is 10.9 Å². The van der Waals surface area contributed by atoms with E-state index in [1.807, 2.05) is 12.3 Å². The molecule has 1 atom stereocenters. The fraction of sp³-hybridized carbons (Fsp3) is 0.636. The number of hydrogen-bond donors (Lipinski definition) is 2. The number of thiazole rings is 1. The number of nitrogens with two attached hydrogens (primary N) is 1. The Kier molecular flexibility index (Phi) is 10.6. The zero-order valence-electron chi connectivity index (χ0n) is 10.6. The first-order chi connectivity index (χ1) is 7.56. The number of amides is 1. The second-order valence-corrected chi connectivity index (χ2v) is 4.87. The van der Waals surface area contributed by atoms with Crippen LogP contribution in [0.1, 0.15) is 32.4 Å². The summed E-state index contributed by atoms with van der Waals surface area (Å²) in [6, 6.07) is 0. The number of halogens is 2. The van der Waals surface area contributed by atoms with Crippen LogP contribution >= 0.6 is 36.2 Å². The SMILES string of the molecule is CCCC(C)(N)C(=O)NCCc1cscn1.Cl.Cl. The first-order valence-electron chi connectivity index (χ1n) is 5.50. The third-order valence-electron chi connectivity index (χ3n) is 2.44. The predicted octanol–water partition coefficient (Wildman–Crippen LogP) is 2.16. The van der Waals surface area contributed by atoms with Gasteiger partial charge >= 0.3 is 0 Å². The summed E-state index contributed by atoms with van der Waals surface area (Å²) in [5.74, 6) is -0.0791. The van der Waals surface area contributed by atoms with E-state index >= 15 is 0 Å². The van der Waals surface area contributed by atoms with Crippen LogP contribution in [-0.2, 0) is 11.2 Å². The Morgan fingerprint density at radius 2 is 2.22 bits per heavy atom. The summed E-state index contributed by atoms with van der Waals surface area (Å²) < 4.78 is 0. The molecule has 1 unspecified atom stereocenters. The molecule has 0 aliphatic rings. The average molecular weight is 314 g/mol. The number of nitrogens with one attached hydrogen (secondary N) is 1. The van der Waals surface area contributed by atoms with Gasteiger partial charge in [-0.1, -0.05) is 13.3 Å². The predicted molar refractivity (Wildman–Crippen MR) is 80.8 cm³/mol. The Morgan fingerprint density at radius 3 is 2.72 bits per heavy atom. The zero-order valence-corrected chi connectivity index (χ0v) is 13.1. The molecule has 1 aromatic heterocycles. The van der Waals surface area contributed by atoms with Gasteiger partial charge in [0.2, 0.25) is 5.91 Å². The van der Waals surface area contributed by atoms with Gasteiger partial charge in [-0.05, 0) is 13.3 Å². The minimum absolute atomic E-state index is 0. The summed E-state index contributed by atoms with van der Waals surface area (Å²) >= 11 is 1.56. The van der Waals surface area contributed by atoms with Crippen LogP contribution in [0.3, 0.4) is 0 Å². The van der Waals surface area contributed by atoms with Gasteiger partial charge < -0.3 is 11.1 Å². The van der Waals surface area contributed by atoms with E-state index in [-0.39, 0.29) is 30.7 Å². The monoisotopic (exact) mass is 313 g/mol. The smallest absolute Gasteiger partial charge is 0.239 e. The molecular weight excluding hydrogens is 293 g/mol. The fourth-order valence-corrected chi connectivity index (χ4v) is 2.09. The first kappa shape index (κ1) is 20.0. The Morgan fingerprint density at radius 1 is 1.56 bits per heavy atom. The van der Waals surface area contributed by atoms with Crippen molar-refractivity contribution in [3.8, 4) is 0 Å². The summed E-state index contributed by atoms with van der Waals surface area (Å²) in [6.45, 7) is 4.39. The van der Waals surface area contributed by atoms with Crippen molar-refractivity contribution < 1.29 is 4.79 Å². The van der Waals surface area contributed by atoms with E-state index in [0.29, 0.717) is 13.0 Å². The Balaban J connectivity index is 0. The van der Waals surface area contributed by atoms with E-state index in [0.717, 1.165) is 18.5 Å². The highest BCUT2D eigenvalue weighted by atomic mass is 35.5. The third-order valence-corrected chi connectivity index (χ3v) is 3.07. The van der Waals surface area contributed by atoms with Gasteiger partial charge in [-0.2, -0.15) is 0 Å². The Bertz CT molecular complexity index is 331. The summed E-state index contributed by atoms with van der Waals surface area (Å²) in [5.41, 5.74) is 7.96. The molecule has 0 saturated carbocycles. The molecule has 7 heteroatoms. The lowest BCUT2D eigenvalue weighted by Crippen LogP contribution is -2.51. The van der Waals surface area contributed by atoms with Crippen molar-refractivity contribution in [2.75, 3.05) is 6.54 Å². The topological polar surface area (TPSA) is 68.0 Å². The maximum absolute atomic E-state index is 11.7. The lowest BCUT2D eigenvalue weighted by molar-refractivity contribution is -0.126. The molecule has 0 saturated heterocycles. The maximum atomic E-state index is 11.7. The lowest BCUT2D eigenvalue weighted by Gasteiger charge is -2.22. The molecule has 0 spiro atoms. The average Bonchev–Trinajstić information content (AvgIpc) is 2.70. The highest BCUT2D eigenvalue weighted by molar-refractivity contribution is 7.07. The second kappa shape index (κ2) is 9.55. The molecule has 18 heavy (non-hydrogen) atoms. The van der Waals surface area contributed by atoms with Crippen LogP contribution in [0.5, 0.6) is 0 Å². The molecule has 4 nitrogen and oxygen atoms in total. The number of rotatable bonds is 6. The van der Waals surface area contributed by atoms with Crippen molar-refractivity contribution in [1.29, 1.82) is 0 Å². The van der Waals surface area contributed by atoms with Crippen LogP contribution in [0.2, 0.25) is 0 Å². The van der Waals surface area contributed by atoms with E-state index in [9.17, 15) is 4.79 Å². The van der Waals surface area contributed by atoms with Crippen molar-refractivity contribution in [1.82, 2.24) is 10.3 Å². The van der Waals surface area contributed by atoms with Crippen molar-refractivity contribution in [2.45, 2.75) is 38.6 Å². The van der Waals surface area contributed by atoms with Gasteiger partial charge in [0.1, 0.15) is 0 Å². The number of nitrogens with zero attached hydrogens (tertiary/aromatic N) is 1. The molecule has 1 aromatic rings. The van der Waals surface area contributed by atoms with Gasteiger partial charge in [-0.25, -0.2) is 4.98 Å². The molecule has 0 aromatic carbocycles. The third kappa shape index (κ3) is 6.54. The van der Waals surface area contributed by atoms with Crippen LogP contribution in [0.25, 0.3) is 0 Å². The van der Waals surface area contributed by atoms with Crippen LogP contribution in [-0.4, -0.2) is 23.0 Å². The first-order valence-corrected chi connectivity index (χ1v) is 6.45. The number of hydrogen-bond acceptors (Lipinski definition) is 4. The normalized spacial score (nSPS) is 12.8. The lowest BCUT2D eigenvalue weighted by atomic mass is 9.96. The van der Waals surface area contributed by atoms with Crippen molar-refractivity contribution in [2.24, 2.45) is 5.73 Å². The summed E-state index contributed by atoms with van der Waals surface area (Å²) in [5, 5.41) is 4.83. The van der Waals surface area contributed by atoms with Gasteiger partial charge in [0.05, 0.1) is 16.7 Å². The van der Waals surface area contributed by atoms with Gasteiger partial charge in [-0.3, -0.25) is 4.79 Å². The molecule has 106 valence electrons. The zero-order chi connectivity index (χ0) is 12.0. The van der Waals surface area contributed by atoms with Crippen LogP contribution in [0, 0.1) is 0 Å². The minimum atomic E-state index is -0.753. The molecule has 1 heterocycles. The van der Waals surface area contributed by atoms with E-state index in [4.69, 9.17) is 5.73 Å². The highest BCUT2D eigenvalue weighted by Crippen LogP contribution is 2.08. The quantitative estimate of drug-likeness (QED) is 0.845. The molecule has 0 aliphatic heterocycles. The number of carbonyl (C=O) groups is 1. The van der Waals surface area contributed by atoms with Crippen LogP contribution < -0.4 is 11.1 Å². The molecular formula is C11H21Cl2N3OS.